The maximum atomic E-state index is 5.16. The van der Waals surface area contributed by atoms with Crippen LogP contribution in [0, 0.1) is 12.8 Å². The zero-order valence-electron chi connectivity index (χ0n) is 22.7. The number of fused-ring (bicyclic) bond motifs is 1. The van der Waals surface area contributed by atoms with Crippen molar-refractivity contribution in [3.8, 4) is 11.4 Å². The number of rotatable bonds is 8. The molecule has 196 valence electrons. The molecule has 0 fully saturated rings. The van der Waals surface area contributed by atoms with Gasteiger partial charge >= 0.3 is 0 Å². The molecule has 11 heteroatoms. The summed E-state index contributed by atoms with van der Waals surface area (Å²) in [6.45, 7) is 16.7. The van der Waals surface area contributed by atoms with E-state index in [4.69, 9.17) is 24.3 Å². The molecule has 0 saturated carbocycles. The Kier molecular flexibility index (Phi) is 8.05. The predicted molar refractivity (Wildman–Crippen MR) is 148 cm³/mol. The summed E-state index contributed by atoms with van der Waals surface area (Å²) in [5.41, 5.74) is 4.49. The first-order valence-electron chi connectivity index (χ1n) is 12.3. The minimum absolute atomic E-state index is 0.268. The lowest BCUT2D eigenvalue weighted by Gasteiger charge is -2.24. The molecule has 0 aliphatic carbocycles. The molecule has 3 aromatic heterocycles. The molecule has 0 amide bonds. The largest absolute Gasteiger partial charge is 0.370 e. The molecule has 0 spiro atoms. The van der Waals surface area contributed by atoms with E-state index in [0.29, 0.717) is 34.0 Å². The first-order chi connectivity index (χ1) is 17.6. The molecule has 0 atom stereocenters. The molecule has 1 aliphatic heterocycles. The number of pyridine rings is 1. The van der Waals surface area contributed by atoms with Crippen LogP contribution >= 0.6 is 12.0 Å². The van der Waals surface area contributed by atoms with Gasteiger partial charge in [0.15, 0.2) is 16.7 Å². The molecule has 37 heavy (non-hydrogen) atoms. The molecule has 1 aliphatic rings. The number of aromatic nitrogens is 5. The van der Waals surface area contributed by atoms with Crippen molar-refractivity contribution < 1.29 is 9.22 Å². The molecule has 4 heterocycles. The van der Waals surface area contributed by atoms with Crippen LogP contribution in [0.4, 0.5) is 11.5 Å². The number of nitrogens with zero attached hydrogens (tertiary/aromatic N) is 8. The van der Waals surface area contributed by atoms with E-state index in [2.05, 4.69) is 61.4 Å². The van der Waals surface area contributed by atoms with E-state index in [1.807, 2.05) is 25.3 Å². The Morgan fingerprint density at radius 3 is 2.46 bits per heavy atom. The molecular weight excluding hydrogens is 488 g/mol. The van der Waals surface area contributed by atoms with Crippen LogP contribution in [-0.2, 0) is 14.6 Å². The van der Waals surface area contributed by atoms with Gasteiger partial charge in [-0.05, 0) is 31.9 Å². The number of imidazole rings is 1. The van der Waals surface area contributed by atoms with Gasteiger partial charge in [-0.2, -0.15) is 9.44 Å². The Morgan fingerprint density at radius 1 is 1.11 bits per heavy atom. The molecule has 0 N–H and O–H groups in total. The number of aliphatic imine (C=N–C) groups is 1. The van der Waals surface area contributed by atoms with E-state index >= 15 is 0 Å². The van der Waals surface area contributed by atoms with Crippen LogP contribution in [0.3, 0.4) is 0 Å². The minimum Gasteiger partial charge on any atom is -0.370 e. The summed E-state index contributed by atoms with van der Waals surface area (Å²) in [4.78, 5) is 30.6. The second-order valence-electron chi connectivity index (χ2n) is 10.2. The third-order valence-electron chi connectivity index (χ3n) is 5.67. The zero-order valence-corrected chi connectivity index (χ0v) is 23.5. The standard InChI is InChI=1S/C26H34N8O2S/c1-9-33(15-16(2)3)18-10-11-20(29-13-18)30-21-24-31-23(26(5,6)7)22(19-14-27-17(4)12-28-19)34(24)32-25(21)37-36-35-8/h10-14,16H,9,15H2,1-8H3/b30-21+. The number of anilines is 1. The maximum Gasteiger partial charge on any atom is 0.183 e. The molecule has 0 bridgehead atoms. The highest BCUT2D eigenvalue weighted by molar-refractivity contribution is 8.11. The Morgan fingerprint density at radius 2 is 1.89 bits per heavy atom. The quantitative estimate of drug-likeness (QED) is 0.222. The summed E-state index contributed by atoms with van der Waals surface area (Å²) >= 11 is 0.975. The first kappa shape index (κ1) is 26.9. The molecule has 0 saturated heterocycles. The van der Waals surface area contributed by atoms with Crippen molar-refractivity contribution >= 4 is 34.3 Å². The molecule has 0 radical (unpaired) electrons. The summed E-state index contributed by atoms with van der Waals surface area (Å²) in [5.74, 6) is 1.69. The van der Waals surface area contributed by atoms with E-state index in [-0.39, 0.29) is 5.41 Å². The van der Waals surface area contributed by atoms with Crippen molar-refractivity contribution in [2.75, 3.05) is 25.1 Å². The number of hydrogen-bond donors (Lipinski definition) is 0. The topological polar surface area (TPSA) is 103 Å². The second-order valence-corrected chi connectivity index (χ2v) is 10.9. The fourth-order valence-corrected chi connectivity index (χ4v) is 4.45. The second kappa shape index (κ2) is 11.1. The van der Waals surface area contributed by atoms with E-state index in [9.17, 15) is 0 Å². The van der Waals surface area contributed by atoms with Crippen LogP contribution in [0.5, 0.6) is 0 Å². The summed E-state index contributed by atoms with van der Waals surface area (Å²) in [6.07, 6.45) is 5.34. The van der Waals surface area contributed by atoms with E-state index < -0.39 is 0 Å². The maximum absolute atomic E-state index is 5.16. The molecule has 0 unspecified atom stereocenters. The highest BCUT2D eigenvalue weighted by Gasteiger charge is 2.35. The van der Waals surface area contributed by atoms with Crippen LogP contribution in [0.2, 0.25) is 0 Å². The molecule has 0 aromatic carbocycles. The summed E-state index contributed by atoms with van der Waals surface area (Å²) in [5, 5.41) is 5.29. The summed E-state index contributed by atoms with van der Waals surface area (Å²) in [7, 11) is 1.44. The summed E-state index contributed by atoms with van der Waals surface area (Å²) in [6, 6.07) is 3.95. The lowest BCUT2D eigenvalue weighted by Crippen LogP contribution is -2.27. The molecule has 3 aromatic rings. The molecule has 4 rings (SSSR count). The van der Waals surface area contributed by atoms with Crippen molar-refractivity contribution in [1.29, 1.82) is 0 Å². The average Bonchev–Trinajstić information content (AvgIpc) is 3.39. The average molecular weight is 523 g/mol. The van der Waals surface area contributed by atoms with Crippen molar-refractivity contribution in [1.82, 2.24) is 24.6 Å². The van der Waals surface area contributed by atoms with Crippen LogP contribution in [-0.4, -0.2) is 55.6 Å². The fourth-order valence-electron chi connectivity index (χ4n) is 3.99. The smallest absolute Gasteiger partial charge is 0.183 e. The highest BCUT2D eigenvalue weighted by atomic mass is 32.2. The van der Waals surface area contributed by atoms with Crippen molar-refractivity contribution in [2.45, 2.75) is 53.9 Å². The van der Waals surface area contributed by atoms with E-state index in [1.165, 1.54) is 7.11 Å². The monoisotopic (exact) mass is 522 g/mol. The highest BCUT2D eigenvalue weighted by Crippen LogP contribution is 2.36. The van der Waals surface area contributed by atoms with Gasteiger partial charge in [0.1, 0.15) is 17.1 Å². The van der Waals surface area contributed by atoms with Crippen LogP contribution in [0.1, 0.15) is 58.8 Å². The predicted octanol–water partition coefficient (Wildman–Crippen LogP) is 5.35. The van der Waals surface area contributed by atoms with Crippen molar-refractivity contribution in [3.05, 3.63) is 47.9 Å². The SMILES string of the molecule is CCN(CC(C)C)c1ccc(/N=C2/C(SOOC)=Nn3c2nc(C(C)(C)C)c3-c2cnc(C)cn2)nc1. The minimum atomic E-state index is -0.268. The fraction of sp³-hybridized carbons (Fsp3) is 0.462. The van der Waals surface area contributed by atoms with Crippen molar-refractivity contribution in [3.63, 3.8) is 0 Å². The van der Waals surface area contributed by atoms with E-state index in [0.717, 1.165) is 47.9 Å². The van der Waals surface area contributed by atoms with Gasteiger partial charge in [-0.15, -0.1) is 0 Å². The normalized spacial score (nSPS) is 14.4. The van der Waals surface area contributed by atoms with Gasteiger partial charge in [0.05, 0.1) is 48.6 Å². The van der Waals surface area contributed by atoms with Gasteiger partial charge in [-0.3, -0.25) is 9.97 Å². The molecule has 10 nitrogen and oxygen atoms in total. The lowest BCUT2D eigenvalue weighted by molar-refractivity contribution is -0.158. The Labute approximate surface area is 222 Å². The van der Waals surface area contributed by atoms with Gasteiger partial charge < -0.3 is 4.90 Å². The Balaban J connectivity index is 1.80. The Bertz CT molecular complexity index is 1290. The van der Waals surface area contributed by atoms with Crippen LogP contribution in [0.15, 0.2) is 40.8 Å². The first-order valence-corrected chi connectivity index (χ1v) is 13.1. The lowest BCUT2D eigenvalue weighted by atomic mass is 9.90. The van der Waals surface area contributed by atoms with Crippen LogP contribution < -0.4 is 4.90 Å². The summed E-state index contributed by atoms with van der Waals surface area (Å²) < 4.78 is 6.92. The van der Waals surface area contributed by atoms with Crippen molar-refractivity contribution in [2.24, 2.45) is 16.0 Å². The van der Waals surface area contributed by atoms with Gasteiger partial charge in [0.25, 0.3) is 0 Å². The third-order valence-corrected chi connectivity index (χ3v) is 6.30. The third kappa shape index (κ3) is 5.89. The van der Waals surface area contributed by atoms with Gasteiger partial charge in [-0.1, -0.05) is 34.6 Å². The zero-order chi connectivity index (χ0) is 26.7. The molecular formula is C26H34N8O2S. The van der Waals surface area contributed by atoms with Gasteiger partial charge in [0.2, 0.25) is 0 Å². The Hall–Kier alpha value is -3.15. The number of hydrogen-bond acceptors (Lipinski definition) is 10. The van der Waals surface area contributed by atoms with Gasteiger partial charge in [-0.25, -0.2) is 24.5 Å². The number of aryl methyl sites for hydroxylation is 1. The van der Waals surface area contributed by atoms with E-state index in [1.54, 1.807) is 17.1 Å². The van der Waals surface area contributed by atoms with Crippen LogP contribution in [0.25, 0.3) is 11.4 Å². The van der Waals surface area contributed by atoms with Gasteiger partial charge in [0, 0.05) is 24.7 Å².